The summed E-state index contributed by atoms with van der Waals surface area (Å²) in [6.07, 6.45) is -0.370. The molecule has 0 aromatic carbocycles. The summed E-state index contributed by atoms with van der Waals surface area (Å²) in [5.74, 6) is 2.10. The first-order valence-electron chi connectivity index (χ1n) is 11.7. The van der Waals surface area contributed by atoms with E-state index in [4.69, 9.17) is 14.7 Å². The molecule has 3 aliphatic heterocycles. The zero-order valence-electron chi connectivity index (χ0n) is 18.8. The highest BCUT2D eigenvalue weighted by molar-refractivity contribution is 7.91. The van der Waals surface area contributed by atoms with Crippen LogP contribution in [-0.4, -0.2) is 74.8 Å². The topological polar surface area (TPSA) is 110 Å². The first kappa shape index (κ1) is 22.9. The van der Waals surface area contributed by atoms with Gasteiger partial charge in [0.05, 0.1) is 23.8 Å². The lowest BCUT2D eigenvalue weighted by Gasteiger charge is -2.45. The number of ether oxygens (including phenoxy) is 1. The minimum atomic E-state index is -4.48. The van der Waals surface area contributed by atoms with Crippen molar-refractivity contribution in [1.82, 2.24) is 15.0 Å². The van der Waals surface area contributed by atoms with Gasteiger partial charge in [-0.25, -0.2) is 9.97 Å². The Hall–Kier alpha value is -2.51. The molecule has 0 bridgehead atoms. The first-order chi connectivity index (χ1) is 16.8. The number of nitrogens with one attached hydrogen (secondary N) is 1. The van der Waals surface area contributed by atoms with E-state index in [1.165, 1.54) is 0 Å². The second-order valence-electron chi connectivity index (χ2n) is 9.51. The highest BCUT2D eigenvalue weighted by Crippen LogP contribution is 2.41. The summed E-state index contributed by atoms with van der Waals surface area (Å²) in [6, 6.07) is 0.877. The van der Waals surface area contributed by atoms with E-state index >= 15 is 0 Å². The third-order valence-corrected chi connectivity index (χ3v) is 8.76. The molecule has 5 heterocycles. The van der Waals surface area contributed by atoms with Crippen LogP contribution in [0.5, 0.6) is 5.75 Å². The fraction of sp³-hybridized carbons (Fsp3) is 0.591. The van der Waals surface area contributed by atoms with Gasteiger partial charge < -0.3 is 29.5 Å². The number of aromatic nitrogens is 3. The number of halogens is 3. The molecule has 0 amide bonds. The van der Waals surface area contributed by atoms with Gasteiger partial charge in [0.15, 0.2) is 17.4 Å². The van der Waals surface area contributed by atoms with Crippen molar-refractivity contribution in [3.05, 3.63) is 23.5 Å². The predicted octanol–water partition coefficient (Wildman–Crippen LogP) is 1.97. The quantitative estimate of drug-likeness (QED) is 0.597. The predicted molar refractivity (Wildman–Crippen MR) is 122 cm³/mol. The Morgan fingerprint density at radius 1 is 1.29 bits per heavy atom. The number of anilines is 3. The van der Waals surface area contributed by atoms with Crippen LogP contribution < -0.4 is 19.9 Å². The Labute approximate surface area is 202 Å². The van der Waals surface area contributed by atoms with E-state index in [0.717, 1.165) is 37.2 Å². The number of aliphatic hydroxyl groups is 1. The van der Waals surface area contributed by atoms with Gasteiger partial charge in [-0.1, -0.05) is 0 Å². The van der Waals surface area contributed by atoms with Crippen LogP contribution in [0.3, 0.4) is 0 Å². The Morgan fingerprint density at radius 2 is 2.11 bits per heavy atom. The molecule has 0 unspecified atom stereocenters. The molecule has 13 heteroatoms. The van der Waals surface area contributed by atoms with Crippen LogP contribution in [0, 0.1) is 0 Å². The van der Waals surface area contributed by atoms with E-state index in [1.807, 2.05) is 9.80 Å². The molecule has 1 aliphatic carbocycles. The summed E-state index contributed by atoms with van der Waals surface area (Å²) < 4.78 is 57.5. The van der Waals surface area contributed by atoms with E-state index in [9.17, 15) is 22.8 Å². The number of alkyl halides is 3. The van der Waals surface area contributed by atoms with Crippen molar-refractivity contribution in [2.45, 2.75) is 48.3 Å². The standard InChI is InChI=1S/C22H25F3N6O3S/c23-22(24,25)13-8-16-19(26-9-13)31-6-5-30(10-14(31)11-34-16)20-27-15-2-7-35(33)17(15)18(28-20)29-21(12-32)3-1-4-21/h8-9,14,32H,1-7,10-12H2,(H,27,28,29)/t14-,35-/m1/s1. The summed E-state index contributed by atoms with van der Waals surface area (Å²) in [5, 5.41) is 13.3. The summed E-state index contributed by atoms with van der Waals surface area (Å²) in [7, 11) is 0. The largest absolute Gasteiger partial charge is 0.611 e. The highest BCUT2D eigenvalue weighted by atomic mass is 32.2. The maximum absolute atomic E-state index is 13.1. The van der Waals surface area contributed by atoms with Crippen LogP contribution >= 0.6 is 0 Å². The van der Waals surface area contributed by atoms with E-state index < -0.39 is 28.5 Å². The van der Waals surface area contributed by atoms with Crippen molar-refractivity contribution < 1.29 is 27.6 Å². The van der Waals surface area contributed by atoms with Crippen LogP contribution in [0.25, 0.3) is 0 Å². The molecule has 2 fully saturated rings. The minimum Gasteiger partial charge on any atom is -0.611 e. The Morgan fingerprint density at radius 3 is 2.83 bits per heavy atom. The van der Waals surface area contributed by atoms with Crippen molar-refractivity contribution in [3.8, 4) is 5.75 Å². The molecule has 4 aliphatic rings. The summed E-state index contributed by atoms with van der Waals surface area (Å²) in [6.45, 7) is 1.78. The van der Waals surface area contributed by atoms with Gasteiger partial charge in [-0.05, 0) is 36.5 Å². The number of hydrogen-bond acceptors (Lipinski definition) is 9. The smallest absolute Gasteiger partial charge is 0.418 e. The Kier molecular flexibility index (Phi) is 5.42. The number of aryl methyl sites for hydroxylation is 1. The SMILES string of the molecule is [O-][S@+]1CCc2nc(N3CCN4c5ncc(C(F)(F)F)cc5OC[C@H]4C3)nc(NC3(CO)CCC3)c21. The molecule has 2 atom stereocenters. The third kappa shape index (κ3) is 3.93. The second kappa shape index (κ2) is 8.27. The van der Waals surface area contributed by atoms with E-state index in [0.29, 0.717) is 54.3 Å². The van der Waals surface area contributed by atoms with Crippen LogP contribution in [0.1, 0.15) is 30.5 Å². The van der Waals surface area contributed by atoms with Crippen molar-refractivity contribution in [2.24, 2.45) is 0 Å². The van der Waals surface area contributed by atoms with Crippen LogP contribution in [0.15, 0.2) is 17.2 Å². The molecule has 2 aromatic rings. The second-order valence-corrected chi connectivity index (χ2v) is 11.0. The molecule has 2 N–H and O–H groups in total. The molecule has 1 saturated carbocycles. The molecule has 6 rings (SSSR count). The molecule has 188 valence electrons. The maximum Gasteiger partial charge on any atom is 0.418 e. The molecule has 0 spiro atoms. The van der Waals surface area contributed by atoms with Gasteiger partial charge in [-0.3, -0.25) is 0 Å². The Bertz CT molecular complexity index is 1140. The summed E-state index contributed by atoms with van der Waals surface area (Å²) in [5.41, 5.74) is -0.506. The molecular weight excluding hydrogens is 485 g/mol. The number of nitrogens with zero attached hydrogens (tertiary/aromatic N) is 5. The number of hydrogen-bond donors (Lipinski definition) is 2. The van der Waals surface area contributed by atoms with Gasteiger partial charge in [0.1, 0.15) is 18.1 Å². The van der Waals surface area contributed by atoms with Gasteiger partial charge in [0.25, 0.3) is 0 Å². The van der Waals surface area contributed by atoms with E-state index in [2.05, 4.69) is 10.3 Å². The minimum absolute atomic E-state index is 0.0195. The average molecular weight is 511 g/mol. The van der Waals surface area contributed by atoms with Gasteiger partial charge in [0, 0.05) is 32.3 Å². The number of piperazine rings is 1. The monoisotopic (exact) mass is 510 g/mol. The lowest BCUT2D eigenvalue weighted by molar-refractivity contribution is -0.138. The van der Waals surface area contributed by atoms with Gasteiger partial charge >= 0.3 is 6.18 Å². The lowest BCUT2D eigenvalue weighted by atomic mass is 9.77. The summed E-state index contributed by atoms with van der Waals surface area (Å²) >= 11 is -1.18. The van der Waals surface area contributed by atoms with Crippen molar-refractivity contribution in [2.75, 3.05) is 53.7 Å². The summed E-state index contributed by atoms with van der Waals surface area (Å²) in [4.78, 5) is 18.2. The van der Waals surface area contributed by atoms with Gasteiger partial charge in [-0.15, -0.1) is 0 Å². The van der Waals surface area contributed by atoms with Crippen LogP contribution in [-0.2, 0) is 23.8 Å². The molecule has 2 aromatic heterocycles. The van der Waals surface area contributed by atoms with E-state index in [-0.39, 0.29) is 25.0 Å². The zero-order chi connectivity index (χ0) is 24.4. The number of fused-ring (bicyclic) bond motifs is 4. The first-order valence-corrected chi connectivity index (χ1v) is 13.0. The number of pyridine rings is 1. The number of aliphatic hydroxyl groups excluding tert-OH is 1. The number of rotatable bonds is 4. The van der Waals surface area contributed by atoms with Crippen LogP contribution in [0.2, 0.25) is 0 Å². The van der Waals surface area contributed by atoms with E-state index in [1.54, 1.807) is 0 Å². The lowest BCUT2D eigenvalue weighted by Crippen LogP contribution is -2.58. The fourth-order valence-electron chi connectivity index (χ4n) is 5.15. The fourth-order valence-corrected chi connectivity index (χ4v) is 6.45. The molecular formula is C22H25F3N6O3S. The van der Waals surface area contributed by atoms with Crippen molar-refractivity contribution >= 4 is 28.8 Å². The maximum atomic E-state index is 13.1. The highest BCUT2D eigenvalue weighted by Gasteiger charge is 2.42. The van der Waals surface area contributed by atoms with Crippen molar-refractivity contribution in [3.63, 3.8) is 0 Å². The zero-order valence-corrected chi connectivity index (χ0v) is 19.7. The van der Waals surface area contributed by atoms with Gasteiger partial charge in [0.2, 0.25) is 10.8 Å². The molecule has 35 heavy (non-hydrogen) atoms. The molecule has 9 nitrogen and oxygen atoms in total. The normalized spacial score (nSPS) is 24.7. The van der Waals surface area contributed by atoms with Crippen LogP contribution in [0.4, 0.5) is 30.8 Å². The van der Waals surface area contributed by atoms with Gasteiger partial charge in [-0.2, -0.15) is 18.2 Å². The Balaban J connectivity index is 1.25. The van der Waals surface area contributed by atoms with Crippen molar-refractivity contribution in [1.29, 1.82) is 0 Å². The third-order valence-electron chi connectivity index (χ3n) is 7.30. The molecule has 0 radical (unpaired) electrons. The average Bonchev–Trinajstić information content (AvgIpc) is 3.20. The molecule has 1 saturated heterocycles.